The highest BCUT2D eigenvalue weighted by Gasteiger charge is 2.25. The summed E-state index contributed by atoms with van der Waals surface area (Å²) < 4.78 is 14.6. The van der Waals surface area contributed by atoms with Crippen molar-refractivity contribution in [1.29, 1.82) is 0 Å². The Morgan fingerprint density at radius 3 is 3.00 bits per heavy atom. The van der Waals surface area contributed by atoms with Crippen LogP contribution in [0.25, 0.3) is 11.3 Å². The molecule has 1 aromatic heterocycles. The monoisotopic (exact) mass is 349 g/mol. The molecule has 126 valence electrons. The predicted octanol–water partition coefficient (Wildman–Crippen LogP) is 3.08. The van der Waals surface area contributed by atoms with Gasteiger partial charge in [-0.15, -0.1) is 0 Å². The lowest BCUT2D eigenvalue weighted by atomic mass is 10.1. The van der Waals surface area contributed by atoms with Gasteiger partial charge in [0.2, 0.25) is 11.9 Å². The molecule has 8 heteroatoms. The van der Waals surface area contributed by atoms with Crippen molar-refractivity contribution >= 4 is 34.8 Å². The molecule has 0 fully saturated rings. The largest absolute Gasteiger partial charge is 0.368 e. The molecule has 0 aliphatic carbocycles. The van der Waals surface area contributed by atoms with Gasteiger partial charge in [0.15, 0.2) is 0 Å². The van der Waals surface area contributed by atoms with E-state index in [-0.39, 0.29) is 34.7 Å². The number of aromatic nitrogens is 2. The van der Waals surface area contributed by atoms with Crippen LogP contribution in [0.4, 0.5) is 21.7 Å². The van der Waals surface area contributed by atoms with Crippen molar-refractivity contribution < 1.29 is 9.18 Å². The number of nitrogens with zero attached hydrogens (tertiary/aromatic N) is 3. The number of hydrogen-bond donors (Lipinski definition) is 2. The molecule has 0 radical (unpaired) electrons. The fraction of sp³-hybridized carbons (Fsp3) is 0.312. The molecule has 1 aliphatic rings. The highest BCUT2D eigenvalue weighted by molar-refractivity contribution is 6.33. The molecular formula is C16H17ClFN5O. The van der Waals surface area contributed by atoms with Gasteiger partial charge in [0.1, 0.15) is 5.82 Å². The Morgan fingerprint density at radius 1 is 1.46 bits per heavy atom. The number of nitrogen functional groups attached to an aromatic ring is 1. The maximum Gasteiger partial charge on any atom is 0.243 e. The molecular weight excluding hydrogens is 333 g/mol. The van der Waals surface area contributed by atoms with E-state index in [1.165, 1.54) is 12.3 Å². The number of carbonyl (C=O) groups is 1. The van der Waals surface area contributed by atoms with Crippen molar-refractivity contribution in [3.05, 3.63) is 29.2 Å². The summed E-state index contributed by atoms with van der Waals surface area (Å²) >= 11 is 6.10. The number of carbonyl (C=O) groups excluding carboxylic acids is 1. The van der Waals surface area contributed by atoms with Crippen molar-refractivity contribution in [2.75, 3.05) is 29.0 Å². The van der Waals surface area contributed by atoms with Gasteiger partial charge in [-0.05, 0) is 12.5 Å². The van der Waals surface area contributed by atoms with Gasteiger partial charge in [0, 0.05) is 18.2 Å². The molecule has 1 amide bonds. The fourth-order valence-electron chi connectivity index (χ4n) is 2.67. The van der Waals surface area contributed by atoms with Gasteiger partial charge in [0.05, 0.1) is 34.8 Å². The molecule has 3 N–H and O–H groups in total. The number of benzene rings is 1. The molecule has 1 aliphatic heterocycles. The maximum absolute atomic E-state index is 14.6. The number of amides is 1. The molecule has 0 spiro atoms. The maximum atomic E-state index is 14.6. The van der Waals surface area contributed by atoms with Crippen molar-refractivity contribution in [2.45, 2.75) is 19.8 Å². The minimum absolute atomic E-state index is 0.0164. The van der Waals surface area contributed by atoms with Gasteiger partial charge in [-0.3, -0.25) is 4.79 Å². The van der Waals surface area contributed by atoms with Gasteiger partial charge < -0.3 is 16.0 Å². The smallest absolute Gasteiger partial charge is 0.243 e. The third-order valence-electron chi connectivity index (χ3n) is 3.83. The van der Waals surface area contributed by atoms with E-state index in [1.54, 1.807) is 6.07 Å². The molecule has 2 heterocycles. The van der Waals surface area contributed by atoms with Crippen LogP contribution in [0.15, 0.2) is 18.3 Å². The number of unbranched alkanes of at least 4 members (excludes halogenated alkanes) is 1. The first-order valence-corrected chi connectivity index (χ1v) is 8.04. The fourth-order valence-corrected chi connectivity index (χ4v) is 2.86. The van der Waals surface area contributed by atoms with E-state index >= 15 is 0 Å². The summed E-state index contributed by atoms with van der Waals surface area (Å²) in [4.78, 5) is 21.6. The average molecular weight is 350 g/mol. The van der Waals surface area contributed by atoms with Crippen LogP contribution in [-0.4, -0.2) is 29.0 Å². The number of anilines is 3. The Bertz CT molecular complexity index is 798. The lowest BCUT2D eigenvalue weighted by Crippen LogP contribution is -2.38. The number of hydrogen-bond acceptors (Lipinski definition) is 5. The predicted molar refractivity (Wildman–Crippen MR) is 92.6 cm³/mol. The molecule has 2 aromatic rings. The van der Waals surface area contributed by atoms with E-state index in [1.807, 2.05) is 4.90 Å². The van der Waals surface area contributed by atoms with Gasteiger partial charge in [-0.2, -0.15) is 0 Å². The Kier molecular flexibility index (Phi) is 4.53. The number of halogens is 2. The molecule has 0 atom stereocenters. The zero-order valence-electron chi connectivity index (χ0n) is 13.1. The van der Waals surface area contributed by atoms with E-state index in [2.05, 4.69) is 22.2 Å². The normalized spacial score (nSPS) is 13.6. The Balaban J connectivity index is 2.10. The quantitative estimate of drug-likeness (QED) is 0.886. The lowest BCUT2D eigenvalue weighted by molar-refractivity contribution is -0.115. The van der Waals surface area contributed by atoms with Crippen LogP contribution < -0.4 is 16.0 Å². The van der Waals surface area contributed by atoms with Gasteiger partial charge in [0.25, 0.3) is 0 Å². The van der Waals surface area contributed by atoms with Gasteiger partial charge in [-0.1, -0.05) is 24.9 Å². The van der Waals surface area contributed by atoms with Crippen LogP contribution in [0, 0.1) is 5.82 Å². The van der Waals surface area contributed by atoms with E-state index in [4.69, 9.17) is 17.3 Å². The molecule has 0 unspecified atom stereocenters. The molecule has 24 heavy (non-hydrogen) atoms. The number of fused-ring (bicyclic) bond motifs is 1. The highest BCUT2D eigenvalue weighted by atomic mass is 35.5. The SMILES string of the molecule is CCCCN1CC(=O)Nc2cc(F)c(-c3nc(N)ncc3Cl)cc21. The topological polar surface area (TPSA) is 84.1 Å². The number of nitrogens with one attached hydrogen (secondary N) is 1. The minimum Gasteiger partial charge on any atom is -0.368 e. The summed E-state index contributed by atoms with van der Waals surface area (Å²) in [6, 6.07) is 2.93. The Morgan fingerprint density at radius 2 is 2.25 bits per heavy atom. The van der Waals surface area contributed by atoms with Crippen LogP contribution in [0.3, 0.4) is 0 Å². The molecule has 6 nitrogen and oxygen atoms in total. The van der Waals surface area contributed by atoms with Gasteiger partial charge in [-0.25, -0.2) is 14.4 Å². The van der Waals surface area contributed by atoms with E-state index < -0.39 is 5.82 Å². The zero-order chi connectivity index (χ0) is 17.3. The van der Waals surface area contributed by atoms with Crippen LogP contribution >= 0.6 is 11.6 Å². The average Bonchev–Trinajstić information content (AvgIpc) is 2.54. The molecule has 0 saturated heterocycles. The zero-order valence-corrected chi connectivity index (χ0v) is 13.9. The summed E-state index contributed by atoms with van der Waals surface area (Å²) in [5, 5.41) is 2.91. The summed E-state index contributed by atoms with van der Waals surface area (Å²) in [6.45, 7) is 3.02. The second-order valence-corrected chi connectivity index (χ2v) is 6.00. The first-order valence-electron chi connectivity index (χ1n) is 7.66. The van der Waals surface area contributed by atoms with Crippen LogP contribution in [0.1, 0.15) is 19.8 Å². The second-order valence-electron chi connectivity index (χ2n) is 5.60. The first-order chi connectivity index (χ1) is 11.5. The molecule has 3 rings (SSSR count). The standard InChI is InChI=1S/C16H17ClFN5O/c1-2-3-4-23-8-14(24)21-12-6-11(18)9(5-13(12)23)15-10(17)7-20-16(19)22-15/h5-7H,2-4,8H2,1H3,(H,21,24)(H2,19,20,22). The van der Waals surface area contributed by atoms with Crippen LogP contribution in [0.2, 0.25) is 5.02 Å². The highest BCUT2D eigenvalue weighted by Crippen LogP contribution is 2.37. The third kappa shape index (κ3) is 3.12. The Hall–Kier alpha value is -2.41. The molecule has 0 bridgehead atoms. The summed E-state index contributed by atoms with van der Waals surface area (Å²) in [6.07, 6.45) is 3.27. The first kappa shape index (κ1) is 16.4. The number of nitrogens with two attached hydrogens (primary N) is 1. The second kappa shape index (κ2) is 6.60. The van der Waals surface area contributed by atoms with Crippen molar-refractivity contribution in [2.24, 2.45) is 0 Å². The van der Waals surface area contributed by atoms with Crippen LogP contribution in [-0.2, 0) is 4.79 Å². The van der Waals surface area contributed by atoms with E-state index in [0.29, 0.717) is 12.2 Å². The number of rotatable bonds is 4. The molecule has 0 saturated carbocycles. The molecule has 1 aromatic carbocycles. The van der Waals surface area contributed by atoms with E-state index in [9.17, 15) is 9.18 Å². The van der Waals surface area contributed by atoms with Crippen molar-refractivity contribution in [3.63, 3.8) is 0 Å². The third-order valence-corrected chi connectivity index (χ3v) is 4.11. The van der Waals surface area contributed by atoms with E-state index in [0.717, 1.165) is 18.5 Å². The Labute approximate surface area is 143 Å². The van der Waals surface area contributed by atoms with Crippen molar-refractivity contribution in [3.8, 4) is 11.3 Å². The summed E-state index contributed by atoms with van der Waals surface area (Å²) in [5.74, 6) is -0.677. The minimum atomic E-state index is -0.536. The lowest BCUT2D eigenvalue weighted by Gasteiger charge is -2.31. The summed E-state index contributed by atoms with van der Waals surface area (Å²) in [7, 11) is 0. The van der Waals surface area contributed by atoms with Crippen LogP contribution in [0.5, 0.6) is 0 Å². The van der Waals surface area contributed by atoms with Gasteiger partial charge >= 0.3 is 0 Å². The summed E-state index contributed by atoms with van der Waals surface area (Å²) in [5.41, 5.74) is 7.24. The van der Waals surface area contributed by atoms with Crippen molar-refractivity contribution in [1.82, 2.24) is 9.97 Å².